The Morgan fingerprint density at radius 2 is 1.95 bits per heavy atom. The van der Waals surface area contributed by atoms with Gasteiger partial charge in [-0.3, -0.25) is 11.3 Å². The van der Waals surface area contributed by atoms with Gasteiger partial charge < -0.3 is 0 Å². The number of hydrazine groups is 1. The highest BCUT2D eigenvalue weighted by Crippen LogP contribution is 2.29. The van der Waals surface area contributed by atoms with E-state index in [0.717, 1.165) is 17.8 Å². The summed E-state index contributed by atoms with van der Waals surface area (Å²) in [7, 11) is 0. The van der Waals surface area contributed by atoms with E-state index in [1.54, 1.807) is 0 Å². The van der Waals surface area contributed by atoms with Gasteiger partial charge in [-0.15, -0.1) is 0 Å². The second-order valence-corrected chi connectivity index (χ2v) is 5.46. The number of hydrogen-bond donors (Lipinski definition) is 2. The summed E-state index contributed by atoms with van der Waals surface area (Å²) in [5, 5.41) is 4.47. The summed E-state index contributed by atoms with van der Waals surface area (Å²) in [6, 6.07) is 12.4. The number of rotatable bonds is 8. The number of benzene rings is 1. The van der Waals surface area contributed by atoms with Crippen LogP contribution in [0.1, 0.15) is 51.3 Å². The van der Waals surface area contributed by atoms with Gasteiger partial charge in [-0.1, -0.05) is 51.3 Å². The fourth-order valence-electron chi connectivity index (χ4n) is 2.87. The summed E-state index contributed by atoms with van der Waals surface area (Å²) in [6.07, 6.45) is 6.58. The number of nitrogens with zero attached hydrogens (tertiary/aromatic N) is 2. The van der Waals surface area contributed by atoms with Gasteiger partial charge in [-0.25, -0.2) is 4.68 Å². The first-order chi connectivity index (χ1) is 10.3. The van der Waals surface area contributed by atoms with E-state index in [1.807, 2.05) is 29.1 Å². The summed E-state index contributed by atoms with van der Waals surface area (Å²) in [5.74, 6) is 6.39. The van der Waals surface area contributed by atoms with Crippen molar-refractivity contribution in [3.8, 4) is 5.69 Å². The van der Waals surface area contributed by atoms with Gasteiger partial charge in [0.2, 0.25) is 0 Å². The van der Waals surface area contributed by atoms with Crippen molar-refractivity contribution in [2.75, 3.05) is 0 Å². The van der Waals surface area contributed by atoms with Gasteiger partial charge in [0.1, 0.15) is 0 Å². The van der Waals surface area contributed by atoms with E-state index in [4.69, 9.17) is 5.84 Å². The van der Waals surface area contributed by atoms with E-state index in [0.29, 0.717) is 5.92 Å². The molecule has 2 rings (SSSR count). The molecule has 2 aromatic rings. The predicted molar refractivity (Wildman–Crippen MR) is 86.9 cm³/mol. The lowest BCUT2D eigenvalue weighted by atomic mass is 9.89. The minimum atomic E-state index is 0.129. The average molecular weight is 286 g/mol. The monoisotopic (exact) mass is 286 g/mol. The van der Waals surface area contributed by atoms with Crippen LogP contribution in [0, 0.1) is 5.92 Å². The predicted octanol–water partition coefficient (Wildman–Crippen LogP) is 3.59. The molecule has 4 nitrogen and oxygen atoms in total. The lowest BCUT2D eigenvalue weighted by Crippen LogP contribution is -2.35. The van der Waals surface area contributed by atoms with E-state index in [-0.39, 0.29) is 6.04 Å². The molecule has 3 N–H and O–H groups in total. The molecular weight excluding hydrogens is 260 g/mol. The molecule has 0 aliphatic carbocycles. The number of nitrogens with one attached hydrogen (secondary N) is 1. The number of hydrogen-bond acceptors (Lipinski definition) is 3. The minimum absolute atomic E-state index is 0.129. The van der Waals surface area contributed by atoms with Gasteiger partial charge in [-0.2, -0.15) is 5.10 Å². The topological polar surface area (TPSA) is 55.9 Å². The molecule has 0 saturated heterocycles. The van der Waals surface area contributed by atoms with Crippen LogP contribution in [0.2, 0.25) is 0 Å². The first-order valence-electron chi connectivity index (χ1n) is 7.87. The van der Waals surface area contributed by atoms with Crippen LogP contribution < -0.4 is 11.3 Å². The molecule has 2 unspecified atom stereocenters. The fourth-order valence-corrected chi connectivity index (χ4v) is 2.87. The summed E-state index contributed by atoms with van der Waals surface area (Å²) in [4.78, 5) is 0. The zero-order valence-electron chi connectivity index (χ0n) is 13.0. The van der Waals surface area contributed by atoms with Crippen molar-refractivity contribution in [1.29, 1.82) is 0 Å². The molecule has 0 saturated carbocycles. The molecule has 2 atom stereocenters. The summed E-state index contributed by atoms with van der Waals surface area (Å²) >= 11 is 0. The van der Waals surface area contributed by atoms with Crippen LogP contribution >= 0.6 is 0 Å². The van der Waals surface area contributed by atoms with E-state index >= 15 is 0 Å². The molecule has 1 heterocycles. The fraction of sp³-hybridized carbons (Fsp3) is 0.471. The van der Waals surface area contributed by atoms with Gasteiger partial charge in [0.25, 0.3) is 0 Å². The van der Waals surface area contributed by atoms with Crippen LogP contribution in [0.4, 0.5) is 0 Å². The van der Waals surface area contributed by atoms with E-state index in [9.17, 15) is 0 Å². The standard InChI is InChI=1S/C17H26N4/c1-3-5-9-14(4-2)17(20-18)16-12-13-19-21(16)15-10-7-6-8-11-15/h6-8,10-14,17,20H,3-5,9,18H2,1-2H3. The average Bonchev–Trinajstić information content (AvgIpc) is 3.01. The zero-order valence-corrected chi connectivity index (χ0v) is 13.0. The Morgan fingerprint density at radius 1 is 1.19 bits per heavy atom. The van der Waals surface area contributed by atoms with Crippen LogP contribution in [0.5, 0.6) is 0 Å². The van der Waals surface area contributed by atoms with Crippen molar-refractivity contribution in [2.45, 2.75) is 45.6 Å². The van der Waals surface area contributed by atoms with Crippen LogP contribution in [-0.4, -0.2) is 9.78 Å². The van der Waals surface area contributed by atoms with E-state index in [1.165, 1.54) is 19.3 Å². The van der Waals surface area contributed by atoms with Crippen molar-refractivity contribution in [1.82, 2.24) is 15.2 Å². The molecule has 1 aromatic carbocycles. The van der Waals surface area contributed by atoms with Gasteiger partial charge in [0.05, 0.1) is 17.4 Å². The smallest absolute Gasteiger partial charge is 0.0661 e. The van der Waals surface area contributed by atoms with Gasteiger partial charge >= 0.3 is 0 Å². The SMILES string of the molecule is CCCCC(CC)C(NN)c1ccnn1-c1ccccc1. The molecule has 0 aliphatic rings. The number of para-hydroxylation sites is 1. The molecule has 0 radical (unpaired) electrons. The first-order valence-corrected chi connectivity index (χ1v) is 7.87. The molecule has 0 bridgehead atoms. The highest BCUT2D eigenvalue weighted by atomic mass is 15.3. The zero-order chi connectivity index (χ0) is 15.1. The summed E-state index contributed by atoms with van der Waals surface area (Å²) < 4.78 is 1.99. The van der Waals surface area contributed by atoms with E-state index in [2.05, 4.69) is 42.6 Å². The largest absolute Gasteiger partial charge is 0.271 e. The Bertz CT molecular complexity index is 521. The second kappa shape index (κ2) is 7.96. The maximum atomic E-state index is 5.87. The highest BCUT2D eigenvalue weighted by molar-refractivity contribution is 5.33. The molecular formula is C17H26N4. The summed E-state index contributed by atoms with van der Waals surface area (Å²) in [6.45, 7) is 4.46. The Hall–Kier alpha value is -1.65. The van der Waals surface area contributed by atoms with Crippen LogP contribution in [0.3, 0.4) is 0 Å². The van der Waals surface area contributed by atoms with Gasteiger partial charge in [0, 0.05) is 6.20 Å². The molecule has 0 aliphatic heterocycles. The summed E-state index contributed by atoms with van der Waals surface area (Å²) in [5.41, 5.74) is 5.22. The Kier molecular flexibility index (Phi) is 5.96. The highest BCUT2D eigenvalue weighted by Gasteiger charge is 2.23. The van der Waals surface area contributed by atoms with Crippen molar-refractivity contribution in [2.24, 2.45) is 11.8 Å². The van der Waals surface area contributed by atoms with Gasteiger partial charge in [-0.05, 0) is 30.5 Å². The third-order valence-electron chi connectivity index (χ3n) is 4.10. The Morgan fingerprint density at radius 3 is 2.57 bits per heavy atom. The minimum Gasteiger partial charge on any atom is -0.271 e. The van der Waals surface area contributed by atoms with Gasteiger partial charge in [0.15, 0.2) is 0 Å². The van der Waals surface area contributed by atoms with Crippen molar-refractivity contribution < 1.29 is 0 Å². The normalized spacial score (nSPS) is 14.0. The molecule has 0 amide bonds. The first kappa shape index (κ1) is 15.7. The molecule has 0 spiro atoms. The third kappa shape index (κ3) is 3.71. The third-order valence-corrected chi connectivity index (χ3v) is 4.10. The number of nitrogens with two attached hydrogens (primary N) is 1. The number of unbranched alkanes of at least 4 members (excludes halogenated alkanes) is 1. The Labute approximate surface area is 127 Å². The molecule has 1 aromatic heterocycles. The van der Waals surface area contributed by atoms with Crippen LogP contribution in [0.15, 0.2) is 42.6 Å². The van der Waals surface area contributed by atoms with Crippen LogP contribution in [-0.2, 0) is 0 Å². The van der Waals surface area contributed by atoms with Crippen molar-refractivity contribution in [3.63, 3.8) is 0 Å². The molecule has 4 heteroatoms. The Balaban J connectivity index is 2.28. The maximum Gasteiger partial charge on any atom is 0.0661 e. The lowest BCUT2D eigenvalue weighted by molar-refractivity contribution is 0.317. The quantitative estimate of drug-likeness (QED) is 0.576. The second-order valence-electron chi connectivity index (χ2n) is 5.46. The molecule has 0 fully saturated rings. The van der Waals surface area contributed by atoms with E-state index < -0.39 is 0 Å². The number of aromatic nitrogens is 2. The molecule has 114 valence electrons. The van der Waals surface area contributed by atoms with Crippen LogP contribution in [0.25, 0.3) is 5.69 Å². The lowest BCUT2D eigenvalue weighted by Gasteiger charge is -2.26. The maximum absolute atomic E-state index is 5.87. The van der Waals surface area contributed by atoms with Crippen molar-refractivity contribution in [3.05, 3.63) is 48.3 Å². The molecule has 21 heavy (non-hydrogen) atoms. The van der Waals surface area contributed by atoms with Crippen molar-refractivity contribution >= 4 is 0 Å².